The molecule has 0 amide bonds. The molecule has 0 bridgehead atoms. The highest BCUT2D eigenvalue weighted by atomic mass is 32.2. The van der Waals surface area contributed by atoms with Gasteiger partial charge >= 0.3 is 0 Å². The average Bonchev–Trinajstić information content (AvgIpc) is 3.11. The van der Waals surface area contributed by atoms with E-state index in [4.69, 9.17) is 4.74 Å². The third kappa shape index (κ3) is 3.72. The van der Waals surface area contributed by atoms with Crippen LogP contribution in [0.2, 0.25) is 0 Å². The van der Waals surface area contributed by atoms with Gasteiger partial charge < -0.3 is 9.64 Å². The summed E-state index contributed by atoms with van der Waals surface area (Å²) >= 11 is 1.80. The van der Waals surface area contributed by atoms with Crippen LogP contribution in [0, 0.1) is 0 Å². The van der Waals surface area contributed by atoms with Crippen molar-refractivity contribution in [1.82, 2.24) is 14.8 Å². The van der Waals surface area contributed by atoms with E-state index in [-0.39, 0.29) is 0 Å². The first-order valence-electron chi connectivity index (χ1n) is 8.20. The SMILES string of the molecule is CC(C)Sc1nnc(N2CCCCC2)n1CC1CCCO1. The lowest BCUT2D eigenvalue weighted by Crippen LogP contribution is -2.33. The van der Waals surface area contributed by atoms with Crippen LogP contribution in [0.5, 0.6) is 0 Å². The highest BCUT2D eigenvalue weighted by molar-refractivity contribution is 7.99. The molecule has 3 heterocycles. The van der Waals surface area contributed by atoms with Crippen molar-refractivity contribution in [3.05, 3.63) is 0 Å². The molecule has 5 nitrogen and oxygen atoms in total. The second-order valence-corrected chi connectivity index (χ2v) is 7.79. The van der Waals surface area contributed by atoms with Crippen LogP contribution in [-0.4, -0.2) is 45.8 Å². The first-order chi connectivity index (χ1) is 10.2. The molecule has 2 aliphatic heterocycles. The maximum atomic E-state index is 5.82. The highest BCUT2D eigenvalue weighted by Crippen LogP contribution is 2.28. The number of ether oxygens (including phenoxy) is 1. The Morgan fingerprint density at radius 2 is 2.00 bits per heavy atom. The number of thioether (sulfide) groups is 1. The minimum Gasteiger partial charge on any atom is -0.376 e. The fraction of sp³-hybridized carbons (Fsp3) is 0.867. The largest absolute Gasteiger partial charge is 0.376 e. The van der Waals surface area contributed by atoms with Gasteiger partial charge in [0.15, 0.2) is 5.16 Å². The highest BCUT2D eigenvalue weighted by Gasteiger charge is 2.24. The van der Waals surface area contributed by atoms with Crippen LogP contribution >= 0.6 is 11.8 Å². The summed E-state index contributed by atoms with van der Waals surface area (Å²) in [6, 6.07) is 0. The minimum absolute atomic E-state index is 0.330. The van der Waals surface area contributed by atoms with E-state index in [1.807, 2.05) is 0 Å². The van der Waals surface area contributed by atoms with E-state index in [0.29, 0.717) is 11.4 Å². The van der Waals surface area contributed by atoms with E-state index in [0.717, 1.165) is 43.8 Å². The Bertz CT molecular complexity index is 451. The average molecular weight is 310 g/mol. The fourth-order valence-corrected chi connectivity index (χ4v) is 3.85. The Balaban J connectivity index is 1.81. The van der Waals surface area contributed by atoms with E-state index in [1.54, 1.807) is 11.8 Å². The number of hydrogen-bond donors (Lipinski definition) is 0. The first kappa shape index (κ1) is 15.2. The van der Waals surface area contributed by atoms with Gasteiger partial charge in [-0.2, -0.15) is 0 Å². The molecule has 1 aromatic heterocycles. The maximum Gasteiger partial charge on any atom is 0.228 e. The fourth-order valence-electron chi connectivity index (χ4n) is 3.06. The molecule has 2 fully saturated rings. The van der Waals surface area contributed by atoms with E-state index in [1.165, 1.54) is 25.7 Å². The molecule has 3 rings (SSSR count). The van der Waals surface area contributed by atoms with Gasteiger partial charge in [-0.15, -0.1) is 10.2 Å². The Morgan fingerprint density at radius 1 is 1.19 bits per heavy atom. The van der Waals surface area contributed by atoms with Crippen molar-refractivity contribution in [3.63, 3.8) is 0 Å². The van der Waals surface area contributed by atoms with Crippen LogP contribution in [0.25, 0.3) is 0 Å². The summed E-state index contributed by atoms with van der Waals surface area (Å²) in [5.74, 6) is 1.05. The summed E-state index contributed by atoms with van der Waals surface area (Å²) in [7, 11) is 0. The van der Waals surface area contributed by atoms with Gasteiger partial charge in [0, 0.05) is 24.9 Å². The summed E-state index contributed by atoms with van der Waals surface area (Å²) in [5.41, 5.74) is 0. The van der Waals surface area contributed by atoms with E-state index in [9.17, 15) is 0 Å². The molecule has 0 spiro atoms. The summed E-state index contributed by atoms with van der Waals surface area (Å²) < 4.78 is 8.12. The summed E-state index contributed by atoms with van der Waals surface area (Å²) in [6.45, 7) is 8.42. The van der Waals surface area contributed by atoms with Gasteiger partial charge in [-0.1, -0.05) is 25.6 Å². The van der Waals surface area contributed by atoms with Crippen LogP contribution in [0.15, 0.2) is 5.16 Å². The number of piperidine rings is 1. The molecule has 0 radical (unpaired) electrons. The molecule has 0 aromatic carbocycles. The van der Waals surface area contributed by atoms with Crippen molar-refractivity contribution in [2.75, 3.05) is 24.6 Å². The van der Waals surface area contributed by atoms with Crippen molar-refractivity contribution in [2.24, 2.45) is 0 Å². The topological polar surface area (TPSA) is 43.2 Å². The Kier molecular flexibility index (Phi) is 5.06. The Labute approximate surface area is 131 Å². The van der Waals surface area contributed by atoms with Gasteiger partial charge in [0.2, 0.25) is 5.95 Å². The Morgan fingerprint density at radius 3 is 2.67 bits per heavy atom. The lowest BCUT2D eigenvalue weighted by atomic mass is 10.1. The molecule has 2 saturated heterocycles. The van der Waals surface area contributed by atoms with Gasteiger partial charge in [0.05, 0.1) is 12.6 Å². The van der Waals surface area contributed by atoms with Gasteiger partial charge in [-0.05, 0) is 32.1 Å². The molecule has 0 saturated carbocycles. The molecule has 2 aliphatic rings. The van der Waals surface area contributed by atoms with Crippen LogP contribution in [-0.2, 0) is 11.3 Å². The zero-order valence-electron chi connectivity index (χ0n) is 13.1. The van der Waals surface area contributed by atoms with Crippen molar-refractivity contribution in [1.29, 1.82) is 0 Å². The number of aromatic nitrogens is 3. The van der Waals surface area contributed by atoms with Gasteiger partial charge in [0.1, 0.15) is 0 Å². The minimum atomic E-state index is 0.330. The maximum absolute atomic E-state index is 5.82. The number of anilines is 1. The molecule has 21 heavy (non-hydrogen) atoms. The van der Waals surface area contributed by atoms with Crippen molar-refractivity contribution >= 4 is 17.7 Å². The molecule has 6 heteroatoms. The zero-order chi connectivity index (χ0) is 14.7. The Hall–Kier alpha value is -0.750. The molecule has 118 valence electrons. The smallest absolute Gasteiger partial charge is 0.228 e. The molecule has 0 aliphatic carbocycles. The summed E-state index contributed by atoms with van der Waals surface area (Å²) in [6.07, 6.45) is 6.53. The number of hydrogen-bond acceptors (Lipinski definition) is 5. The van der Waals surface area contributed by atoms with Crippen LogP contribution in [0.1, 0.15) is 46.0 Å². The number of rotatable bonds is 5. The molecule has 1 aromatic rings. The third-order valence-corrected chi connectivity index (χ3v) is 5.07. The normalized spacial score (nSPS) is 23.2. The third-order valence-electron chi connectivity index (χ3n) is 4.09. The second-order valence-electron chi connectivity index (χ2n) is 6.24. The summed E-state index contributed by atoms with van der Waals surface area (Å²) in [5, 5.41) is 10.5. The predicted octanol–water partition coefficient (Wildman–Crippen LogP) is 2.95. The van der Waals surface area contributed by atoms with Crippen LogP contribution in [0.3, 0.4) is 0 Å². The second kappa shape index (κ2) is 7.01. The monoisotopic (exact) mass is 310 g/mol. The molecule has 0 N–H and O–H groups in total. The molecule has 1 unspecified atom stereocenters. The van der Waals surface area contributed by atoms with Crippen LogP contribution in [0.4, 0.5) is 5.95 Å². The predicted molar refractivity (Wildman–Crippen MR) is 86.1 cm³/mol. The van der Waals surface area contributed by atoms with Crippen molar-refractivity contribution in [2.45, 2.75) is 69.0 Å². The standard InChI is InChI=1S/C15H26N4OS/c1-12(2)21-15-17-16-14(18-8-4-3-5-9-18)19(15)11-13-7-6-10-20-13/h12-13H,3-11H2,1-2H3. The van der Waals surface area contributed by atoms with Gasteiger partial charge in [0.25, 0.3) is 0 Å². The van der Waals surface area contributed by atoms with Gasteiger partial charge in [-0.25, -0.2) is 0 Å². The van der Waals surface area contributed by atoms with E-state index < -0.39 is 0 Å². The van der Waals surface area contributed by atoms with Gasteiger partial charge in [-0.3, -0.25) is 4.57 Å². The number of nitrogens with zero attached hydrogens (tertiary/aromatic N) is 4. The summed E-state index contributed by atoms with van der Waals surface area (Å²) in [4.78, 5) is 2.40. The lowest BCUT2D eigenvalue weighted by molar-refractivity contribution is 0.0951. The molecular weight excluding hydrogens is 284 g/mol. The molecule has 1 atom stereocenters. The van der Waals surface area contributed by atoms with Crippen molar-refractivity contribution < 1.29 is 4.74 Å². The zero-order valence-corrected chi connectivity index (χ0v) is 13.9. The van der Waals surface area contributed by atoms with E-state index >= 15 is 0 Å². The quantitative estimate of drug-likeness (QED) is 0.782. The lowest BCUT2D eigenvalue weighted by Gasteiger charge is -2.28. The van der Waals surface area contributed by atoms with Crippen LogP contribution < -0.4 is 4.90 Å². The molecular formula is C15H26N4OS. The van der Waals surface area contributed by atoms with Crippen molar-refractivity contribution in [3.8, 4) is 0 Å². The first-order valence-corrected chi connectivity index (χ1v) is 9.08. The van der Waals surface area contributed by atoms with E-state index in [2.05, 4.69) is 33.5 Å².